The van der Waals surface area contributed by atoms with Crippen molar-refractivity contribution in [2.45, 2.75) is 85.0 Å². The van der Waals surface area contributed by atoms with Gasteiger partial charge in [0.05, 0.1) is 18.8 Å². The van der Waals surface area contributed by atoms with Gasteiger partial charge in [-0.05, 0) is 83.4 Å². The van der Waals surface area contributed by atoms with Gasteiger partial charge in [-0.2, -0.15) is 18.3 Å². The summed E-state index contributed by atoms with van der Waals surface area (Å²) in [5.41, 5.74) is 1.43. The molecular formula is C36H44F3N7O4. The van der Waals surface area contributed by atoms with E-state index < -0.39 is 29.5 Å². The number of carbonyl (C=O) groups excluding carboxylic acids is 1. The standard InChI is InChI=1S/C36H44F3N7O4/c1-8-46-19-29(33(42-46)36(37,38)39)27-13-23(16-44-10-9-40-22(44)3)14-28-31(47)24(20-49-32(27)28)15-25-11-21(2)12-30(41-25)45-17-26(18-45)43(7)34(48)50-35(4,5)6/h9-14,19,24,26,31,47H,8,15-18,20H2,1-7H3/t24-,31-/m1/s1. The molecule has 1 saturated heterocycles. The third-order valence-corrected chi connectivity index (χ3v) is 9.20. The van der Waals surface area contributed by atoms with Crippen LogP contribution in [0.4, 0.5) is 23.8 Å². The van der Waals surface area contributed by atoms with E-state index in [1.54, 1.807) is 37.3 Å². The first-order valence-electron chi connectivity index (χ1n) is 16.8. The molecule has 11 nitrogen and oxygen atoms in total. The first-order valence-corrected chi connectivity index (χ1v) is 16.8. The number of ether oxygens (including phenoxy) is 2. The SMILES string of the molecule is CCn1cc(-c2cc(Cn3ccnc3C)cc3c2OC[C@@H](Cc2cc(C)cc(N4CC(N(C)C(=O)OC(C)(C)C)C4)n2)[C@H]3O)c(C(F)(F)F)n1. The zero-order valence-corrected chi connectivity index (χ0v) is 29.5. The Kier molecular flexibility index (Phi) is 9.35. The number of hydrogen-bond acceptors (Lipinski definition) is 8. The van der Waals surface area contributed by atoms with Gasteiger partial charge in [0.2, 0.25) is 0 Å². The summed E-state index contributed by atoms with van der Waals surface area (Å²) in [5.74, 6) is 1.33. The number of alkyl halides is 3. The molecule has 1 fully saturated rings. The van der Waals surface area contributed by atoms with E-state index in [2.05, 4.69) is 15.0 Å². The lowest BCUT2D eigenvalue weighted by atomic mass is 9.86. The minimum Gasteiger partial charge on any atom is -0.492 e. The summed E-state index contributed by atoms with van der Waals surface area (Å²) in [6.45, 7) is 13.0. The highest BCUT2D eigenvalue weighted by Crippen LogP contribution is 2.47. The molecule has 2 aliphatic rings. The number of halogens is 3. The van der Waals surface area contributed by atoms with E-state index in [0.29, 0.717) is 37.2 Å². The normalized spacial score (nSPS) is 18.0. The van der Waals surface area contributed by atoms with Crippen LogP contribution in [0.5, 0.6) is 5.75 Å². The summed E-state index contributed by atoms with van der Waals surface area (Å²) < 4.78 is 57.7. The predicted octanol–water partition coefficient (Wildman–Crippen LogP) is 6.19. The number of hydrogen-bond donors (Lipinski definition) is 1. The van der Waals surface area contributed by atoms with Crippen LogP contribution in [0, 0.1) is 19.8 Å². The molecular weight excluding hydrogens is 651 g/mol. The molecule has 14 heteroatoms. The first-order chi connectivity index (χ1) is 23.5. The Balaban J connectivity index is 1.27. The van der Waals surface area contributed by atoms with E-state index in [0.717, 1.165) is 22.9 Å². The lowest BCUT2D eigenvalue weighted by Gasteiger charge is -2.44. The molecule has 50 heavy (non-hydrogen) atoms. The molecule has 3 aromatic heterocycles. The molecule has 2 aliphatic heterocycles. The Labute approximate surface area is 289 Å². The van der Waals surface area contributed by atoms with Gasteiger partial charge in [-0.15, -0.1) is 0 Å². The van der Waals surface area contributed by atoms with Gasteiger partial charge in [0.15, 0.2) is 5.69 Å². The smallest absolute Gasteiger partial charge is 0.435 e. The Morgan fingerprint density at radius 2 is 1.86 bits per heavy atom. The summed E-state index contributed by atoms with van der Waals surface area (Å²) in [7, 11) is 1.74. The van der Waals surface area contributed by atoms with Crippen molar-refractivity contribution in [2.75, 3.05) is 31.6 Å². The number of aliphatic hydroxyl groups excluding tert-OH is 1. The number of fused-ring (bicyclic) bond motifs is 1. The minimum atomic E-state index is -4.69. The van der Waals surface area contributed by atoms with Gasteiger partial charge in [0.25, 0.3) is 0 Å². The lowest BCUT2D eigenvalue weighted by molar-refractivity contribution is -0.141. The summed E-state index contributed by atoms with van der Waals surface area (Å²) in [5, 5.41) is 15.7. The van der Waals surface area contributed by atoms with Gasteiger partial charge in [-0.3, -0.25) is 4.68 Å². The third kappa shape index (κ3) is 7.30. The highest BCUT2D eigenvalue weighted by molar-refractivity contribution is 5.76. The maximum Gasteiger partial charge on any atom is 0.435 e. The Bertz CT molecular complexity index is 1870. The van der Waals surface area contributed by atoms with Crippen LogP contribution >= 0.6 is 0 Å². The maximum absolute atomic E-state index is 14.3. The average molecular weight is 696 g/mol. The van der Waals surface area contributed by atoms with Crippen LogP contribution in [0.3, 0.4) is 0 Å². The van der Waals surface area contributed by atoms with E-state index in [9.17, 15) is 23.1 Å². The number of amides is 1. The average Bonchev–Trinajstić information content (AvgIpc) is 3.63. The minimum absolute atomic E-state index is 0.0162. The highest BCUT2D eigenvalue weighted by atomic mass is 19.4. The van der Waals surface area contributed by atoms with Gasteiger partial charge in [0.1, 0.15) is 23.0 Å². The molecule has 0 unspecified atom stereocenters. The molecule has 0 radical (unpaired) electrons. The van der Waals surface area contributed by atoms with Crippen molar-refractivity contribution in [3.05, 3.63) is 76.8 Å². The molecule has 5 heterocycles. The van der Waals surface area contributed by atoms with Crippen LogP contribution in [0.15, 0.2) is 42.9 Å². The fourth-order valence-electron chi connectivity index (χ4n) is 6.47. The fourth-order valence-corrected chi connectivity index (χ4v) is 6.47. The molecule has 1 aromatic carbocycles. The van der Waals surface area contributed by atoms with Crippen molar-refractivity contribution in [3.63, 3.8) is 0 Å². The molecule has 0 spiro atoms. The van der Waals surface area contributed by atoms with Gasteiger partial charge in [-0.25, -0.2) is 14.8 Å². The van der Waals surface area contributed by atoms with Crippen molar-refractivity contribution in [1.29, 1.82) is 0 Å². The fraction of sp³-hybridized carbons (Fsp3) is 0.500. The number of carbonyl (C=O) groups is 1. The molecule has 2 atom stereocenters. The third-order valence-electron chi connectivity index (χ3n) is 9.20. The molecule has 4 aromatic rings. The predicted molar refractivity (Wildman–Crippen MR) is 181 cm³/mol. The van der Waals surface area contributed by atoms with Crippen LogP contribution in [-0.2, 0) is 30.4 Å². The summed E-state index contributed by atoms with van der Waals surface area (Å²) in [6.07, 6.45) is -0.852. The molecule has 268 valence electrons. The number of likely N-dealkylation sites (N-methyl/N-ethyl adjacent to an activating group) is 1. The largest absolute Gasteiger partial charge is 0.492 e. The Morgan fingerprint density at radius 1 is 1.12 bits per heavy atom. The second kappa shape index (κ2) is 13.3. The van der Waals surface area contributed by atoms with E-state index in [1.807, 2.05) is 57.4 Å². The quantitative estimate of drug-likeness (QED) is 0.233. The van der Waals surface area contributed by atoms with Crippen LogP contribution < -0.4 is 9.64 Å². The van der Waals surface area contributed by atoms with Crippen LogP contribution in [0.1, 0.15) is 67.7 Å². The van der Waals surface area contributed by atoms with Crippen molar-refractivity contribution >= 4 is 11.9 Å². The monoisotopic (exact) mass is 695 g/mol. The number of aromatic nitrogens is 5. The molecule has 6 rings (SSSR count). The van der Waals surface area contributed by atoms with Crippen LogP contribution in [0.25, 0.3) is 11.1 Å². The summed E-state index contributed by atoms with van der Waals surface area (Å²) >= 11 is 0. The second-order valence-electron chi connectivity index (χ2n) is 14.3. The number of imidazole rings is 1. The zero-order valence-electron chi connectivity index (χ0n) is 29.5. The van der Waals surface area contributed by atoms with Crippen LogP contribution in [-0.4, -0.2) is 78.8 Å². The first kappa shape index (κ1) is 35.2. The highest BCUT2D eigenvalue weighted by Gasteiger charge is 2.40. The second-order valence-corrected chi connectivity index (χ2v) is 14.3. The number of aryl methyl sites for hydroxylation is 3. The van der Waals surface area contributed by atoms with E-state index in [1.165, 1.54) is 10.9 Å². The number of anilines is 1. The van der Waals surface area contributed by atoms with E-state index in [-0.39, 0.29) is 42.2 Å². The van der Waals surface area contributed by atoms with Crippen molar-refractivity contribution in [1.82, 2.24) is 29.2 Å². The van der Waals surface area contributed by atoms with E-state index in [4.69, 9.17) is 14.5 Å². The summed E-state index contributed by atoms with van der Waals surface area (Å²) in [6, 6.07) is 7.43. The van der Waals surface area contributed by atoms with Crippen molar-refractivity contribution < 1.29 is 32.5 Å². The van der Waals surface area contributed by atoms with Crippen molar-refractivity contribution in [2.24, 2.45) is 5.92 Å². The molecule has 1 amide bonds. The number of rotatable bonds is 8. The van der Waals surface area contributed by atoms with Crippen LogP contribution in [0.2, 0.25) is 0 Å². The lowest BCUT2D eigenvalue weighted by Crippen LogP contribution is -2.60. The molecule has 0 bridgehead atoms. The van der Waals surface area contributed by atoms with E-state index >= 15 is 0 Å². The molecule has 0 aliphatic carbocycles. The Morgan fingerprint density at radius 3 is 2.50 bits per heavy atom. The maximum atomic E-state index is 14.3. The van der Waals surface area contributed by atoms with Gasteiger partial charge in [-0.1, -0.05) is 0 Å². The number of pyridine rings is 1. The van der Waals surface area contributed by atoms with Gasteiger partial charge < -0.3 is 28.9 Å². The van der Waals surface area contributed by atoms with Gasteiger partial charge in [0, 0.05) is 80.1 Å². The van der Waals surface area contributed by atoms with Crippen molar-refractivity contribution in [3.8, 4) is 16.9 Å². The zero-order chi connectivity index (χ0) is 36.1. The number of nitrogens with zero attached hydrogens (tertiary/aromatic N) is 7. The molecule has 0 saturated carbocycles. The Hall–Kier alpha value is -4.59. The number of aliphatic hydroxyl groups is 1. The molecule has 1 N–H and O–H groups in total. The topological polar surface area (TPSA) is 111 Å². The summed E-state index contributed by atoms with van der Waals surface area (Å²) in [4.78, 5) is 25.5. The number of benzene rings is 1. The van der Waals surface area contributed by atoms with Gasteiger partial charge >= 0.3 is 12.3 Å².